The van der Waals surface area contributed by atoms with Crippen LogP contribution in [-0.4, -0.2) is 31.9 Å². The molecule has 274 valence electrons. The highest BCUT2D eigenvalue weighted by Gasteiger charge is 2.71. The van der Waals surface area contributed by atoms with E-state index in [0.717, 1.165) is 51.1 Å². The van der Waals surface area contributed by atoms with Crippen molar-refractivity contribution in [2.75, 3.05) is 19.8 Å². The molecule has 0 amide bonds. The molecular weight excluding hydrogens is 604 g/mol. The number of carbonyl (C=O) groups is 1. The van der Waals surface area contributed by atoms with E-state index in [1.54, 1.807) is 5.57 Å². The molecule has 4 aliphatic carbocycles. The van der Waals surface area contributed by atoms with Crippen LogP contribution in [0.5, 0.6) is 0 Å². The lowest BCUT2D eigenvalue weighted by atomic mass is 9.34. The molecule has 1 heterocycles. The topological polar surface area (TPSA) is 44.8 Å². The van der Waals surface area contributed by atoms with E-state index in [-0.39, 0.29) is 50.5 Å². The third-order valence-corrected chi connectivity index (χ3v) is 16.6. The van der Waals surface area contributed by atoms with Crippen LogP contribution in [-0.2, 0) is 25.6 Å². The van der Waals surface area contributed by atoms with Crippen molar-refractivity contribution in [2.24, 2.45) is 73.9 Å². The monoisotopic (exact) mass is 675 g/mol. The van der Waals surface area contributed by atoms with Crippen molar-refractivity contribution in [1.82, 2.24) is 0 Å². The highest BCUT2D eigenvalue weighted by molar-refractivity contribution is 5.75. The van der Waals surface area contributed by atoms with Crippen molar-refractivity contribution < 1.29 is 19.0 Å². The van der Waals surface area contributed by atoms with E-state index in [9.17, 15) is 4.79 Å². The minimum atomic E-state index is -0.192. The second-order valence-electron chi connectivity index (χ2n) is 20.3. The molecule has 0 aromatic heterocycles. The van der Waals surface area contributed by atoms with Gasteiger partial charge in [-0.25, -0.2) is 0 Å². The highest BCUT2D eigenvalue weighted by Crippen LogP contribution is 2.75. The first kappa shape index (κ1) is 37.1. The first-order valence-corrected chi connectivity index (χ1v) is 20.0. The van der Waals surface area contributed by atoms with Crippen LogP contribution < -0.4 is 0 Å². The van der Waals surface area contributed by atoms with Gasteiger partial charge in [0.2, 0.25) is 0 Å². The number of allylic oxidation sites excluding steroid dienone is 1. The Hall–Kier alpha value is -1.65. The predicted molar refractivity (Wildman–Crippen MR) is 200 cm³/mol. The Balaban J connectivity index is 1.36. The summed E-state index contributed by atoms with van der Waals surface area (Å²) in [5.74, 6) is 2.76. The average Bonchev–Trinajstić information content (AvgIpc) is 3.03. The molecule has 0 N–H and O–H groups in total. The van der Waals surface area contributed by atoms with Crippen LogP contribution in [0, 0.1) is 73.9 Å². The maximum atomic E-state index is 14.7. The van der Waals surface area contributed by atoms with Gasteiger partial charge >= 0.3 is 5.97 Å². The molecule has 1 aromatic rings. The lowest BCUT2D eigenvalue weighted by Gasteiger charge is -2.71. The summed E-state index contributed by atoms with van der Waals surface area (Å²) in [6.45, 7) is 31.6. The van der Waals surface area contributed by atoms with Gasteiger partial charge in [0, 0.05) is 10.8 Å². The van der Waals surface area contributed by atoms with Crippen LogP contribution in [0.4, 0.5) is 0 Å². The summed E-state index contributed by atoms with van der Waals surface area (Å²) in [6, 6.07) is 10.2. The summed E-state index contributed by atoms with van der Waals surface area (Å²) in [6.07, 6.45) is 9.59. The number of ether oxygens (including phenoxy) is 3. The van der Waals surface area contributed by atoms with Gasteiger partial charge in [-0.05, 0) is 101 Å². The number of fused-ring (bicyclic) bond motifs is 3. The summed E-state index contributed by atoms with van der Waals surface area (Å²) >= 11 is 0. The Morgan fingerprint density at radius 2 is 1.65 bits per heavy atom. The molecule has 0 spiro atoms. The molecule has 6 rings (SSSR count). The predicted octanol–water partition coefficient (Wildman–Crippen LogP) is 10.9. The van der Waals surface area contributed by atoms with Crippen molar-refractivity contribution in [2.45, 2.75) is 134 Å². The van der Waals surface area contributed by atoms with Gasteiger partial charge in [-0.1, -0.05) is 125 Å². The third kappa shape index (κ3) is 5.71. The number of hydrogen-bond acceptors (Lipinski definition) is 4. The molecule has 4 nitrogen and oxygen atoms in total. The van der Waals surface area contributed by atoms with Crippen LogP contribution in [0.3, 0.4) is 0 Å². The molecule has 0 unspecified atom stereocenters. The van der Waals surface area contributed by atoms with Crippen molar-refractivity contribution in [3.05, 3.63) is 47.5 Å². The van der Waals surface area contributed by atoms with Crippen LogP contribution in [0.2, 0.25) is 0 Å². The summed E-state index contributed by atoms with van der Waals surface area (Å²) in [7, 11) is 0. The third-order valence-electron chi connectivity index (χ3n) is 16.6. The molecule has 0 radical (unpaired) electrons. The van der Waals surface area contributed by atoms with Gasteiger partial charge in [0.15, 0.2) is 0 Å². The van der Waals surface area contributed by atoms with E-state index in [1.807, 2.05) is 18.2 Å². The number of esters is 1. The average molecular weight is 675 g/mol. The maximum absolute atomic E-state index is 14.7. The quantitative estimate of drug-likeness (QED) is 0.203. The van der Waals surface area contributed by atoms with Crippen molar-refractivity contribution in [3.8, 4) is 0 Å². The summed E-state index contributed by atoms with van der Waals surface area (Å²) in [4.78, 5) is 14.7. The fourth-order valence-electron chi connectivity index (χ4n) is 12.7. The number of carbonyl (C=O) groups excluding carboxylic acids is 1. The number of benzene rings is 1. The Labute approximate surface area is 299 Å². The molecule has 5 aliphatic rings. The Morgan fingerprint density at radius 1 is 0.959 bits per heavy atom. The zero-order valence-electron chi connectivity index (χ0n) is 33.3. The van der Waals surface area contributed by atoms with Crippen LogP contribution in [0.25, 0.3) is 0 Å². The maximum Gasteiger partial charge on any atom is 0.310 e. The first-order valence-electron chi connectivity index (χ1n) is 20.0. The summed E-state index contributed by atoms with van der Waals surface area (Å²) in [5, 5.41) is 0. The molecule has 1 aromatic carbocycles. The van der Waals surface area contributed by atoms with Gasteiger partial charge in [-0.2, -0.15) is 0 Å². The van der Waals surface area contributed by atoms with E-state index in [2.05, 4.69) is 101 Å². The van der Waals surface area contributed by atoms with E-state index in [0.29, 0.717) is 42.1 Å². The van der Waals surface area contributed by atoms with E-state index in [4.69, 9.17) is 14.2 Å². The Morgan fingerprint density at radius 3 is 2.31 bits per heavy atom. The molecule has 2 bridgehead atoms. The van der Waals surface area contributed by atoms with E-state index >= 15 is 0 Å². The lowest BCUT2D eigenvalue weighted by Crippen LogP contribution is -2.69. The Bertz CT molecular complexity index is 1390. The van der Waals surface area contributed by atoms with Crippen LogP contribution in [0.1, 0.15) is 127 Å². The minimum absolute atomic E-state index is 0.00258. The van der Waals surface area contributed by atoms with Gasteiger partial charge < -0.3 is 14.2 Å². The number of hydrogen-bond donors (Lipinski definition) is 0. The van der Waals surface area contributed by atoms with Gasteiger partial charge in [-0.15, -0.1) is 0 Å². The molecule has 4 heteroatoms. The van der Waals surface area contributed by atoms with Crippen molar-refractivity contribution in [3.63, 3.8) is 0 Å². The fraction of sp³-hybridized carbons (Fsp3) is 0.800. The lowest BCUT2D eigenvalue weighted by molar-refractivity contribution is -0.253. The molecule has 12 atom stereocenters. The van der Waals surface area contributed by atoms with Crippen molar-refractivity contribution >= 4 is 5.97 Å². The van der Waals surface area contributed by atoms with Gasteiger partial charge in [0.1, 0.15) is 6.61 Å². The van der Waals surface area contributed by atoms with Gasteiger partial charge in [0.25, 0.3) is 0 Å². The standard InChI is InChI=1S/C45H70O4/c1-29(2)32(5)41(9)22-23-43(11)34-18-19-36-42(10)27-47-28-45(36,24-30(3)38(42)48-25-31(4)40(6,7)8)35(34)20-21-44(43,12)37(41)39(46)49-26-33-16-14-13-15-17-33/h13-17,20,29-32,34,36-38H,18-19,21-28H2,1-12H3/t30-,31-,32-,34+,36+,37-,38+,41-,42-,43-,44+,45+/m1/s1. The van der Waals surface area contributed by atoms with Gasteiger partial charge in [0.05, 0.1) is 31.8 Å². The van der Waals surface area contributed by atoms with Crippen molar-refractivity contribution in [1.29, 1.82) is 0 Å². The molecule has 3 saturated carbocycles. The highest BCUT2D eigenvalue weighted by atomic mass is 16.5. The molecule has 4 fully saturated rings. The minimum Gasteiger partial charge on any atom is -0.461 e. The second-order valence-corrected chi connectivity index (χ2v) is 20.3. The van der Waals surface area contributed by atoms with Crippen LogP contribution >= 0.6 is 0 Å². The summed E-state index contributed by atoms with van der Waals surface area (Å²) in [5.41, 5.74) is 2.72. The van der Waals surface area contributed by atoms with E-state index < -0.39 is 0 Å². The Kier molecular flexibility index (Phi) is 9.68. The van der Waals surface area contributed by atoms with Crippen LogP contribution in [0.15, 0.2) is 42.0 Å². The normalized spacial score (nSPS) is 43.0. The SMILES string of the molecule is CC(C)[C@@H](C)[C@@]1(C)CC[C@]2(C)[C@H]3CC[C@@H]4[C@@]5(COC[C@@]4(C)[C@@H](OC[C@@H](C)C(C)(C)C)[C@H](C)C5)C3=CC[C@@]2(C)[C@@H]1C(=O)OCc1ccccc1. The smallest absolute Gasteiger partial charge is 0.310 e. The largest absolute Gasteiger partial charge is 0.461 e. The zero-order chi connectivity index (χ0) is 35.8. The number of rotatable bonds is 8. The van der Waals surface area contributed by atoms with E-state index in [1.165, 1.54) is 12.8 Å². The zero-order valence-corrected chi connectivity index (χ0v) is 33.3. The second kappa shape index (κ2) is 12.8. The molecular formula is C45H70O4. The summed E-state index contributed by atoms with van der Waals surface area (Å²) < 4.78 is 20.1. The molecule has 49 heavy (non-hydrogen) atoms. The fourth-order valence-corrected chi connectivity index (χ4v) is 12.7. The van der Waals surface area contributed by atoms with Gasteiger partial charge in [-0.3, -0.25) is 4.79 Å². The first-order chi connectivity index (χ1) is 22.8. The molecule has 1 saturated heterocycles. The molecule has 1 aliphatic heterocycles.